The zero-order valence-electron chi connectivity index (χ0n) is 18.8. The van der Waals surface area contributed by atoms with Gasteiger partial charge in [0.2, 0.25) is 0 Å². The van der Waals surface area contributed by atoms with Crippen molar-refractivity contribution in [2.75, 3.05) is 16.8 Å². The summed E-state index contributed by atoms with van der Waals surface area (Å²) in [6.45, 7) is 6.54. The van der Waals surface area contributed by atoms with Crippen molar-refractivity contribution in [3.63, 3.8) is 0 Å². The topological polar surface area (TPSA) is 58.6 Å². The number of amides is 2. The second-order valence-corrected chi connectivity index (χ2v) is 8.35. The van der Waals surface area contributed by atoms with Crippen LogP contribution in [0, 0.1) is 18.7 Å². The van der Waals surface area contributed by atoms with Crippen molar-refractivity contribution >= 4 is 28.8 Å². The van der Waals surface area contributed by atoms with Crippen LogP contribution in [0.15, 0.2) is 78.5 Å². The molecule has 0 spiro atoms. The fourth-order valence-corrected chi connectivity index (χ4v) is 3.64. The molecule has 0 saturated heterocycles. The first-order valence-corrected chi connectivity index (χ1v) is 10.8. The van der Waals surface area contributed by atoms with Gasteiger partial charge in [-0.05, 0) is 60.4 Å². The van der Waals surface area contributed by atoms with E-state index in [1.807, 2.05) is 19.1 Å². The quantitative estimate of drug-likeness (QED) is 0.485. The van der Waals surface area contributed by atoms with E-state index in [0.29, 0.717) is 35.2 Å². The van der Waals surface area contributed by atoms with Crippen molar-refractivity contribution in [2.24, 2.45) is 5.92 Å². The molecule has 0 atom stereocenters. The van der Waals surface area contributed by atoms with Crippen LogP contribution in [0.25, 0.3) is 5.57 Å². The number of hydrogen-bond acceptors (Lipinski definition) is 4. The molecule has 1 aliphatic heterocycles. The van der Waals surface area contributed by atoms with Crippen LogP contribution in [0.5, 0.6) is 5.75 Å². The molecule has 1 N–H and O–H groups in total. The molecule has 0 radical (unpaired) electrons. The van der Waals surface area contributed by atoms with Gasteiger partial charge in [0, 0.05) is 5.69 Å². The van der Waals surface area contributed by atoms with Gasteiger partial charge in [-0.15, -0.1) is 0 Å². The van der Waals surface area contributed by atoms with Gasteiger partial charge in [0.1, 0.15) is 17.3 Å². The van der Waals surface area contributed by atoms with Gasteiger partial charge < -0.3 is 10.1 Å². The highest BCUT2D eigenvalue weighted by Crippen LogP contribution is 2.35. The largest absolute Gasteiger partial charge is 0.493 e. The molecule has 3 aromatic carbocycles. The summed E-state index contributed by atoms with van der Waals surface area (Å²) >= 11 is 0. The minimum Gasteiger partial charge on any atom is -0.493 e. The van der Waals surface area contributed by atoms with Crippen LogP contribution in [-0.4, -0.2) is 18.4 Å². The number of aryl methyl sites for hydroxylation is 1. The molecule has 3 aromatic rings. The molecule has 5 nitrogen and oxygen atoms in total. The molecule has 0 fully saturated rings. The Morgan fingerprint density at radius 2 is 1.67 bits per heavy atom. The zero-order chi connectivity index (χ0) is 23.5. The molecule has 0 bridgehead atoms. The Kier molecular flexibility index (Phi) is 6.27. The maximum atomic E-state index is 13.8. The van der Waals surface area contributed by atoms with Gasteiger partial charge in [-0.25, -0.2) is 9.29 Å². The van der Waals surface area contributed by atoms with Gasteiger partial charge in [-0.2, -0.15) is 0 Å². The van der Waals surface area contributed by atoms with Gasteiger partial charge in [-0.1, -0.05) is 50.2 Å². The van der Waals surface area contributed by atoms with Crippen molar-refractivity contribution in [3.8, 4) is 5.75 Å². The first-order valence-electron chi connectivity index (χ1n) is 10.8. The lowest BCUT2D eigenvalue weighted by Crippen LogP contribution is -2.33. The number of anilines is 2. The fourth-order valence-electron chi connectivity index (χ4n) is 3.64. The van der Waals surface area contributed by atoms with Crippen molar-refractivity contribution in [1.82, 2.24) is 0 Å². The normalized spacial score (nSPS) is 13.8. The number of benzene rings is 3. The minimum absolute atomic E-state index is 0.102. The number of hydrogen-bond donors (Lipinski definition) is 1. The van der Waals surface area contributed by atoms with Crippen LogP contribution in [0.4, 0.5) is 15.8 Å². The van der Waals surface area contributed by atoms with Crippen LogP contribution < -0.4 is 15.0 Å². The van der Waals surface area contributed by atoms with Gasteiger partial charge >= 0.3 is 0 Å². The first kappa shape index (κ1) is 22.3. The van der Waals surface area contributed by atoms with E-state index in [-0.39, 0.29) is 11.3 Å². The van der Waals surface area contributed by atoms with E-state index in [9.17, 15) is 14.0 Å². The van der Waals surface area contributed by atoms with Crippen molar-refractivity contribution in [1.29, 1.82) is 0 Å². The SMILES string of the molecule is Cc1ccccc1N1C(=O)C(Nc2cccc(F)c2)=C(c2ccc(OCC(C)C)cc2)C1=O. The highest BCUT2D eigenvalue weighted by molar-refractivity contribution is 6.46. The molecular formula is C27H25FN2O3. The Morgan fingerprint density at radius 3 is 2.33 bits per heavy atom. The summed E-state index contributed by atoms with van der Waals surface area (Å²) in [5, 5.41) is 2.98. The number of imide groups is 1. The van der Waals surface area contributed by atoms with E-state index in [1.54, 1.807) is 48.5 Å². The van der Waals surface area contributed by atoms with E-state index in [1.165, 1.54) is 12.1 Å². The number of nitrogens with zero attached hydrogens (tertiary/aromatic N) is 1. The molecule has 0 aromatic heterocycles. The smallest absolute Gasteiger partial charge is 0.282 e. The maximum Gasteiger partial charge on any atom is 0.282 e. The third kappa shape index (κ3) is 4.65. The predicted molar refractivity (Wildman–Crippen MR) is 127 cm³/mol. The summed E-state index contributed by atoms with van der Waals surface area (Å²) in [5.41, 5.74) is 2.58. The molecule has 33 heavy (non-hydrogen) atoms. The Bertz CT molecular complexity index is 1230. The summed E-state index contributed by atoms with van der Waals surface area (Å²) < 4.78 is 19.5. The monoisotopic (exact) mass is 444 g/mol. The Balaban J connectivity index is 1.76. The zero-order valence-corrected chi connectivity index (χ0v) is 18.8. The maximum absolute atomic E-state index is 13.8. The van der Waals surface area contributed by atoms with Crippen molar-refractivity contribution in [3.05, 3.63) is 95.4 Å². The van der Waals surface area contributed by atoms with E-state index in [4.69, 9.17) is 4.74 Å². The summed E-state index contributed by atoms with van der Waals surface area (Å²) in [6.07, 6.45) is 0. The molecular weight excluding hydrogens is 419 g/mol. The molecule has 6 heteroatoms. The van der Waals surface area contributed by atoms with Crippen LogP contribution in [0.1, 0.15) is 25.0 Å². The lowest BCUT2D eigenvalue weighted by molar-refractivity contribution is -0.120. The Morgan fingerprint density at radius 1 is 0.939 bits per heavy atom. The summed E-state index contributed by atoms with van der Waals surface area (Å²) in [4.78, 5) is 28.2. The number of carbonyl (C=O) groups is 2. The molecule has 1 heterocycles. The average molecular weight is 445 g/mol. The molecule has 0 unspecified atom stereocenters. The average Bonchev–Trinajstić information content (AvgIpc) is 3.02. The number of nitrogens with one attached hydrogen (secondary N) is 1. The van der Waals surface area contributed by atoms with E-state index < -0.39 is 17.6 Å². The highest BCUT2D eigenvalue weighted by Gasteiger charge is 2.40. The number of ether oxygens (including phenoxy) is 1. The summed E-state index contributed by atoms with van der Waals surface area (Å²) in [5.74, 6) is -0.314. The summed E-state index contributed by atoms with van der Waals surface area (Å²) in [7, 11) is 0. The van der Waals surface area contributed by atoms with Crippen LogP contribution in [-0.2, 0) is 9.59 Å². The van der Waals surface area contributed by atoms with E-state index >= 15 is 0 Å². The van der Waals surface area contributed by atoms with Gasteiger partial charge in [0.15, 0.2) is 0 Å². The molecule has 4 rings (SSSR count). The number of rotatable bonds is 7. The van der Waals surface area contributed by atoms with Crippen LogP contribution in [0.3, 0.4) is 0 Å². The Hall–Kier alpha value is -3.93. The fraction of sp³-hybridized carbons (Fsp3) is 0.185. The van der Waals surface area contributed by atoms with Crippen molar-refractivity contribution in [2.45, 2.75) is 20.8 Å². The van der Waals surface area contributed by atoms with Crippen LogP contribution >= 0.6 is 0 Å². The molecule has 2 amide bonds. The van der Waals surface area contributed by atoms with Crippen LogP contribution in [0.2, 0.25) is 0 Å². The second kappa shape index (κ2) is 9.28. The third-order valence-electron chi connectivity index (χ3n) is 5.26. The first-order chi connectivity index (χ1) is 15.8. The standard InChI is InChI=1S/C27H25FN2O3/c1-17(2)16-33-22-13-11-19(12-14-22)24-25(29-21-9-6-8-20(28)15-21)27(32)30(26(24)31)23-10-5-4-7-18(23)3/h4-15,17,29H,16H2,1-3H3. The highest BCUT2D eigenvalue weighted by atomic mass is 19.1. The van der Waals surface area contributed by atoms with E-state index in [0.717, 1.165) is 10.5 Å². The third-order valence-corrected chi connectivity index (χ3v) is 5.26. The van der Waals surface area contributed by atoms with E-state index in [2.05, 4.69) is 19.2 Å². The van der Waals surface area contributed by atoms with Gasteiger partial charge in [-0.3, -0.25) is 9.59 Å². The van der Waals surface area contributed by atoms with Gasteiger partial charge in [0.25, 0.3) is 11.8 Å². The Labute approximate surface area is 192 Å². The van der Waals surface area contributed by atoms with Gasteiger partial charge in [0.05, 0.1) is 17.9 Å². The molecule has 0 saturated carbocycles. The second-order valence-electron chi connectivity index (χ2n) is 8.35. The number of halogens is 1. The number of carbonyl (C=O) groups excluding carboxylic acids is 2. The predicted octanol–water partition coefficient (Wildman–Crippen LogP) is 5.57. The van der Waals surface area contributed by atoms with Crippen molar-refractivity contribution < 1.29 is 18.7 Å². The lowest BCUT2D eigenvalue weighted by Gasteiger charge is -2.17. The molecule has 168 valence electrons. The summed E-state index contributed by atoms with van der Waals surface area (Å²) in [6, 6.07) is 20.0. The molecule has 0 aliphatic carbocycles. The molecule has 1 aliphatic rings. The lowest BCUT2D eigenvalue weighted by atomic mass is 10.0. The minimum atomic E-state index is -0.492. The number of para-hydroxylation sites is 1.